The molecule has 0 bridgehead atoms. The number of carbonyl (C=O) groups excluding carboxylic acids is 1. The summed E-state index contributed by atoms with van der Waals surface area (Å²) in [5.74, 6) is 0.909. The van der Waals surface area contributed by atoms with Gasteiger partial charge in [0.15, 0.2) is 0 Å². The number of hydrogen-bond donors (Lipinski definition) is 1. The highest BCUT2D eigenvalue weighted by atomic mass is 35.5. The molecule has 1 heterocycles. The lowest BCUT2D eigenvalue weighted by atomic mass is 9.97. The summed E-state index contributed by atoms with van der Waals surface area (Å²) in [5.41, 5.74) is 3.56. The minimum absolute atomic E-state index is 0.0564. The molecule has 1 aromatic carbocycles. The highest BCUT2D eigenvalue weighted by Gasteiger charge is 2.09. The second-order valence-electron chi connectivity index (χ2n) is 6.40. The van der Waals surface area contributed by atoms with Gasteiger partial charge in [0.1, 0.15) is 4.34 Å². The van der Waals surface area contributed by atoms with E-state index in [9.17, 15) is 4.79 Å². The second-order valence-corrected chi connectivity index (χ2v) is 8.92. The van der Waals surface area contributed by atoms with Crippen molar-refractivity contribution in [1.82, 2.24) is 10.3 Å². The van der Waals surface area contributed by atoms with Crippen molar-refractivity contribution in [3.63, 3.8) is 0 Å². The van der Waals surface area contributed by atoms with E-state index in [1.807, 2.05) is 29.6 Å². The molecule has 26 heavy (non-hydrogen) atoms. The summed E-state index contributed by atoms with van der Waals surface area (Å²) in [6, 6.07) is 7.86. The third-order valence-electron chi connectivity index (χ3n) is 4.30. The average Bonchev–Trinajstić information content (AvgIpc) is 3.09. The lowest BCUT2D eigenvalue weighted by Gasteiger charge is -2.12. The summed E-state index contributed by atoms with van der Waals surface area (Å²) < 4.78 is 0.995. The fourth-order valence-corrected chi connectivity index (χ4v) is 4.81. The van der Waals surface area contributed by atoms with Gasteiger partial charge in [-0.15, -0.1) is 11.3 Å². The first-order chi connectivity index (χ1) is 12.7. The van der Waals surface area contributed by atoms with Gasteiger partial charge in [-0.25, -0.2) is 4.98 Å². The Morgan fingerprint density at radius 3 is 2.88 bits per heavy atom. The quantitative estimate of drug-likeness (QED) is 0.455. The van der Waals surface area contributed by atoms with Crippen LogP contribution in [-0.2, 0) is 17.0 Å². The lowest BCUT2D eigenvalue weighted by Crippen LogP contribution is -2.26. The van der Waals surface area contributed by atoms with E-state index in [2.05, 4.69) is 16.4 Å². The molecule has 0 saturated heterocycles. The highest BCUT2D eigenvalue weighted by Crippen LogP contribution is 2.27. The highest BCUT2D eigenvalue weighted by molar-refractivity contribution is 8.00. The van der Waals surface area contributed by atoms with Gasteiger partial charge in [0.25, 0.3) is 0 Å². The van der Waals surface area contributed by atoms with Crippen LogP contribution in [0.25, 0.3) is 0 Å². The molecule has 2 aromatic rings. The molecular weight excluding hydrogens is 384 g/mol. The molecule has 0 atom stereocenters. The Morgan fingerprint density at radius 2 is 2.12 bits per heavy atom. The SMILES string of the molecule is O=C(Cc1csc(SCc2ccc(Cl)cc2)n1)NCCC1=CCCCC1. The molecule has 1 N–H and O–H groups in total. The van der Waals surface area contributed by atoms with Crippen molar-refractivity contribution in [3.05, 3.63) is 57.6 Å². The molecule has 3 nitrogen and oxygen atoms in total. The number of halogens is 1. The third-order valence-corrected chi connectivity index (χ3v) is 6.69. The van der Waals surface area contributed by atoms with E-state index in [-0.39, 0.29) is 5.91 Å². The van der Waals surface area contributed by atoms with Gasteiger partial charge in [-0.1, -0.05) is 47.1 Å². The molecule has 138 valence electrons. The van der Waals surface area contributed by atoms with Crippen LogP contribution in [0.4, 0.5) is 0 Å². The fraction of sp³-hybridized carbons (Fsp3) is 0.400. The van der Waals surface area contributed by atoms with Gasteiger partial charge in [-0.3, -0.25) is 4.79 Å². The number of thiazole rings is 1. The maximum atomic E-state index is 12.1. The first-order valence-electron chi connectivity index (χ1n) is 8.95. The van der Waals surface area contributed by atoms with Crippen molar-refractivity contribution in [3.8, 4) is 0 Å². The number of rotatable bonds is 8. The maximum Gasteiger partial charge on any atom is 0.226 e. The van der Waals surface area contributed by atoms with Gasteiger partial charge in [0.05, 0.1) is 12.1 Å². The average molecular weight is 407 g/mol. The van der Waals surface area contributed by atoms with Crippen molar-refractivity contribution >= 4 is 40.6 Å². The number of hydrogen-bond acceptors (Lipinski definition) is 4. The molecule has 1 aliphatic carbocycles. The van der Waals surface area contributed by atoms with Crippen LogP contribution < -0.4 is 5.32 Å². The van der Waals surface area contributed by atoms with Crippen molar-refractivity contribution in [2.75, 3.05) is 6.54 Å². The van der Waals surface area contributed by atoms with Gasteiger partial charge < -0.3 is 5.32 Å². The number of nitrogens with zero attached hydrogens (tertiary/aromatic N) is 1. The number of nitrogens with one attached hydrogen (secondary N) is 1. The Labute approximate surface area is 168 Å². The van der Waals surface area contributed by atoms with Gasteiger partial charge in [-0.2, -0.15) is 0 Å². The van der Waals surface area contributed by atoms with Crippen molar-refractivity contribution in [2.24, 2.45) is 0 Å². The zero-order chi connectivity index (χ0) is 18.2. The molecule has 0 spiro atoms. The Morgan fingerprint density at radius 1 is 1.27 bits per heavy atom. The number of amides is 1. The van der Waals surface area contributed by atoms with Gasteiger partial charge >= 0.3 is 0 Å². The number of carbonyl (C=O) groups is 1. The monoisotopic (exact) mass is 406 g/mol. The Bertz CT molecular complexity index is 755. The van der Waals surface area contributed by atoms with E-state index in [0.717, 1.165) is 33.8 Å². The zero-order valence-electron chi connectivity index (χ0n) is 14.7. The standard InChI is InChI=1S/C20H23ClN2OS2/c21-17-8-6-16(7-9-17)13-25-20-23-18(14-26-20)12-19(24)22-11-10-15-4-2-1-3-5-15/h4,6-9,14H,1-3,5,10-13H2,(H,22,24). The smallest absolute Gasteiger partial charge is 0.226 e. The molecule has 1 aromatic heterocycles. The Balaban J connectivity index is 1.39. The largest absolute Gasteiger partial charge is 0.355 e. The predicted octanol–water partition coefficient (Wildman–Crippen LogP) is 5.64. The summed E-state index contributed by atoms with van der Waals surface area (Å²) in [6.45, 7) is 0.729. The van der Waals surface area contributed by atoms with Crippen LogP contribution in [0.3, 0.4) is 0 Å². The minimum atomic E-state index is 0.0564. The summed E-state index contributed by atoms with van der Waals surface area (Å²) in [5, 5.41) is 5.75. The molecule has 3 rings (SSSR count). The van der Waals surface area contributed by atoms with Crippen LogP contribution in [0.5, 0.6) is 0 Å². The molecule has 1 amide bonds. The van der Waals surface area contributed by atoms with Crippen molar-refractivity contribution < 1.29 is 4.79 Å². The molecule has 0 fully saturated rings. The van der Waals surface area contributed by atoms with Crippen LogP contribution in [0.15, 0.2) is 45.6 Å². The first kappa shape index (κ1) is 19.5. The third kappa shape index (κ3) is 6.45. The van der Waals surface area contributed by atoms with Crippen LogP contribution in [0.2, 0.25) is 5.02 Å². The molecular formula is C20H23ClN2OS2. The van der Waals surface area contributed by atoms with Crippen LogP contribution >= 0.6 is 34.7 Å². The van der Waals surface area contributed by atoms with Gasteiger partial charge in [-0.05, 0) is 49.8 Å². The molecule has 1 aliphatic rings. The Kier molecular flexibility index (Phi) is 7.59. The molecule has 0 radical (unpaired) electrons. The molecule has 0 saturated carbocycles. The Hall–Kier alpha value is -1.30. The summed E-state index contributed by atoms with van der Waals surface area (Å²) in [6.07, 6.45) is 8.64. The normalized spacial score (nSPS) is 14.1. The molecule has 0 unspecified atom stereocenters. The van der Waals surface area contributed by atoms with E-state index < -0.39 is 0 Å². The predicted molar refractivity (Wildman–Crippen MR) is 111 cm³/mol. The fourth-order valence-electron chi connectivity index (χ4n) is 2.88. The van der Waals surface area contributed by atoms with Crippen LogP contribution in [-0.4, -0.2) is 17.4 Å². The van der Waals surface area contributed by atoms with E-state index in [1.54, 1.807) is 23.1 Å². The minimum Gasteiger partial charge on any atom is -0.355 e. The van der Waals surface area contributed by atoms with E-state index in [1.165, 1.54) is 36.8 Å². The van der Waals surface area contributed by atoms with Gasteiger partial charge in [0.2, 0.25) is 5.91 Å². The molecule has 0 aliphatic heterocycles. The van der Waals surface area contributed by atoms with Crippen molar-refractivity contribution in [2.45, 2.75) is 48.6 Å². The number of benzene rings is 1. The number of thioether (sulfide) groups is 1. The van der Waals surface area contributed by atoms with Gasteiger partial charge in [0, 0.05) is 22.7 Å². The maximum absolute atomic E-state index is 12.1. The summed E-state index contributed by atoms with van der Waals surface area (Å²) >= 11 is 9.19. The molecule has 6 heteroatoms. The first-order valence-corrected chi connectivity index (χ1v) is 11.2. The van der Waals surface area contributed by atoms with Crippen LogP contribution in [0.1, 0.15) is 43.4 Å². The lowest BCUT2D eigenvalue weighted by molar-refractivity contribution is -0.120. The summed E-state index contributed by atoms with van der Waals surface area (Å²) in [4.78, 5) is 16.7. The van der Waals surface area contributed by atoms with Crippen molar-refractivity contribution in [1.29, 1.82) is 0 Å². The zero-order valence-corrected chi connectivity index (χ0v) is 17.1. The number of aromatic nitrogens is 1. The van der Waals surface area contributed by atoms with E-state index in [0.29, 0.717) is 6.42 Å². The summed E-state index contributed by atoms with van der Waals surface area (Å²) in [7, 11) is 0. The van der Waals surface area contributed by atoms with E-state index in [4.69, 9.17) is 11.6 Å². The topological polar surface area (TPSA) is 42.0 Å². The van der Waals surface area contributed by atoms with Crippen LogP contribution in [0, 0.1) is 0 Å². The van der Waals surface area contributed by atoms with E-state index >= 15 is 0 Å². The second kappa shape index (κ2) is 10.1. The number of allylic oxidation sites excluding steroid dienone is 1.